The number of hydrogen-bond donors (Lipinski definition) is 1. The first kappa shape index (κ1) is 15.2. The van der Waals surface area contributed by atoms with Crippen molar-refractivity contribution < 1.29 is 4.74 Å². The Morgan fingerprint density at radius 1 is 1.31 bits per heavy atom. The largest absolute Gasteiger partial charge is 0.378 e. The molecule has 92 valence electrons. The molecule has 0 saturated heterocycles. The monoisotopic (exact) mass is 244 g/mol. The predicted octanol–water partition coefficient (Wildman–Crippen LogP) is 1.83. The quantitative estimate of drug-likeness (QED) is 0.776. The van der Waals surface area contributed by atoms with Gasteiger partial charge in [0.25, 0.3) is 0 Å². The SMILES string of the molecule is Cc1cccc(N(C)CCOCCN)c1.Cl. The minimum Gasteiger partial charge on any atom is -0.378 e. The molecule has 0 fully saturated rings. The van der Waals surface area contributed by atoms with Crippen molar-refractivity contribution in [2.45, 2.75) is 6.92 Å². The number of nitrogens with two attached hydrogens (primary N) is 1. The van der Waals surface area contributed by atoms with Gasteiger partial charge in [-0.15, -0.1) is 12.4 Å². The normalized spacial score (nSPS) is 9.69. The molecule has 3 nitrogen and oxygen atoms in total. The Labute approximate surface area is 104 Å². The van der Waals surface area contributed by atoms with E-state index in [4.69, 9.17) is 10.5 Å². The molecule has 0 aliphatic heterocycles. The standard InChI is InChI=1S/C12H20N2O.ClH/c1-11-4-3-5-12(10-11)14(2)7-9-15-8-6-13;/h3-5,10H,6-9,13H2,1-2H3;1H. The van der Waals surface area contributed by atoms with E-state index in [1.807, 2.05) is 0 Å². The Morgan fingerprint density at radius 2 is 2.06 bits per heavy atom. The van der Waals surface area contributed by atoms with E-state index in [1.165, 1.54) is 11.3 Å². The third-order valence-corrected chi connectivity index (χ3v) is 2.28. The third-order valence-electron chi connectivity index (χ3n) is 2.28. The van der Waals surface area contributed by atoms with Crippen LogP contribution in [-0.4, -0.2) is 33.4 Å². The highest BCUT2D eigenvalue weighted by Gasteiger charge is 1.99. The molecule has 0 saturated carbocycles. The smallest absolute Gasteiger partial charge is 0.0642 e. The molecule has 0 atom stereocenters. The minimum atomic E-state index is 0. The summed E-state index contributed by atoms with van der Waals surface area (Å²) in [5, 5.41) is 0. The summed E-state index contributed by atoms with van der Waals surface area (Å²) in [5.41, 5.74) is 7.85. The molecule has 0 aliphatic carbocycles. The second-order valence-electron chi connectivity index (χ2n) is 3.66. The lowest BCUT2D eigenvalue weighted by molar-refractivity contribution is 0.148. The van der Waals surface area contributed by atoms with Crippen LogP contribution in [0.25, 0.3) is 0 Å². The number of aryl methyl sites for hydroxylation is 1. The summed E-state index contributed by atoms with van der Waals surface area (Å²) in [7, 11) is 2.07. The molecule has 16 heavy (non-hydrogen) atoms. The second kappa shape index (κ2) is 8.39. The van der Waals surface area contributed by atoms with E-state index >= 15 is 0 Å². The molecule has 0 radical (unpaired) electrons. The Morgan fingerprint density at radius 3 is 2.69 bits per heavy atom. The van der Waals surface area contributed by atoms with Crippen LogP contribution in [0.4, 0.5) is 5.69 Å². The van der Waals surface area contributed by atoms with Gasteiger partial charge < -0.3 is 15.4 Å². The molecule has 0 unspecified atom stereocenters. The molecule has 0 amide bonds. The number of anilines is 1. The summed E-state index contributed by atoms with van der Waals surface area (Å²) in [6.07, 6.45) is 0. The van der Waals surface area contributed by atoms with Crippen LogP contribution >= 0.6 is 12.4 Å². The molecule has 0 aromatic heterocycles. The van der Waals surface area contributed by atoms with Gasteiger partial charge in [-0.25, -0.2) is 0 Å². The first-order chi connectivity index (χ1) is 7.24. The summed E-state index contributed by atoms with van der Waals surface area (Å²) in [6.45, 7) is 4.95. The topological polar surface area (TPSA) is 38.5 Å². The first-order valence-corrected chi connectivity index (χ1v) is 5.29. The van der Waals surface area contributed by atoms with Crippen LogP contribution < -0.4 is 10.6 Å². The van der Waals surface area contributed by atoms with E-state index in [0.717, 1.165) is 13.2 Å². The number of halogens is 1. The molecule has 0 aliphatic rings. The maximum Gasteiger partial charge on any atom is 0.0642 e. The van der Waals surface area contributed by atoms with Crippen molar-refractivity contribution in [1.29, 1.82) is 0 Å². The van der Waals surface area contributed by atoms with Crippen LogP contribution in [0.3, 0.4) is 0 Å². The number of likely N-dealkylation sites (N-methyl/N-ethyl adjacent to an activating group) is 1. The Hall–Kier alpha value is -0.770. The van der Waals surface area contributed by atoms with Crippen LogP contribution in [-0.2, 0) is 4.74 Å². The van der Waals surface area contributed by atoms with Gasteiger partial charge in [-0.1, -0.05) is 12.1 Å². The van der Waals surface area contributed by atoms with Crippen LogP contribution in [0.1, 0.15) is 5.56 Å². The van der Waals surface area contributed by atoms with Crippen molar-refractivity contribution in [3.63, 3.8) is 0 Å². The minimum absolute atomic E-state index is 0. The van der Waals surface area contributed by atoms with Gasteiger partial charge in [0.1, 0.15) is 0 Å². The average molecular weight is 245 g/mol. The zero-order chi connectivity index (χ0) is 11.1. The van der Waals surface area contributed by atoms with Crippen molar-refractivity contribution in [2.75, 3.05) is 38.3 Å². The van der Waals surface area contributed by atoms with E-state index in [-0.39, 0.29) is 12.4 Å². The van der Waals surface area contributed by atoms with Crippen molar-refractivity contribution >= 4 is 18.1 Å². The average Bonchev–Trinajstić information content (AvgIpc) is 2.24. The van der Waals surface area contributed by atoms with Gasteiger partial charge in [0.2, 0.25) is 0 Å². The maximum atomic E-state index is 5.34. The highest BCUT2D eigenvalue weighted by atomic mass is 35.5. The maximum absolute atomic E-state index is 5.34. The van der Waals surface area contributed by atoms with Gasteiger partial charge in [0, 0.05) is 25.8 Å². The fraction of sp³-hybridized carbons (Fsp3) is 0.500. The lowest BCUT2D eigenvalue weighted by Crippen LogP contribution is -2.23. The molecule has 0 heterocycles. The molecule has 4 heteroatoms. The summed E-state index contributed by atoms with van der Waals surface area (Å²) in [5.74, 6) is 0. The van der Waals surface area contributed by atoms with Crippen molar-refractivity contribution in [2.24, 2.45) is 5.73 Å². The highest BCUT2D eigenvalue weighted by Crippen LogP contribution is 2.13. The summed E-state index contributed by atoms with van der Waals surface area (Å²) in [4.78, 5) is 2.18. The Bertz CT molecular complexity index is 294. The highest BCUT2D eigenvalue weighted by molar-refractivity contribution is 5.85. The van der Waals surface area contributed by atoms with Gasteiger partial charge in [0.15, 0.2) is 0 Å². The van der Waals surface area contributed by atoms with Crippen LogP contribution in [0.15, 0.2) is 24.3 Å². The summed E-state index contributed by atoms with van der Waals surface area (Å²) in [6, 6.07) is 8.45. The molecule has 2 N–H and O–H groups in total. The van der Waals surface area contributed by atoms with Crippen molar-refractivity contribution in [1.82, 2.24) is 0 Å². The van der Waals surface area contributed by atoms with Crippen LogP contribution in [0.2, 0.25) is 0 Å². The van der Waals surface area contributed by atoms with Gasteiger partial charge in [0.05, 0.1) is 13.2 Å². The van der Waals surface area contributed by atoms with Gasteiger partial charge >= 0.3 is 0 Å². The third kappa shape index (κ3) is 5.35. The molecular formula is C12H21ClN2O. The van der Waals surface area contributed by atoms with E-state index in [0.29, 0.717) is 13.2 Å². The summed E-state index contributed by atoms with van der Waals surface area (Å²) >= 11 is 0. The molecule has 1 rings (SSSR count). The lowest BCUT2D eigenvalue weighted by atomic mass is 10.2. The van der Waals surface area contributed by atoms with Crippen LogP contribution in [0.5, 0.6) is 0 Å². The number of hydrogen-bond acceptors (Lipinski definition) is 3. The fourth-order valence-corrected chi connectivity index (χ4v) is 1.38. The molecule has 0 bridgehead atoms. The number of benzene rings is 1. The van der Waals surface area contributed by atoms with E-state index in [2.05, 4.69) is 43.1 Å². The number of nitrogens with zero attached hydrogens (tertiary/aromatic N) is 1. The van der Waals surface area contributed by atoms with E-state index in [9.17, 15) is 0 Å². The van der Waals surface area contributed by atoms with Crippen LogP contribution in [0, 0.1) is 6.92 Å². The number of ether oxygens (including phenoxy) is 1. The van der Waals surface area contributed by atoms with Crippen molar-refractivity contribution in [3.8, 4) is 0 Å². The fourth-order valence-electron chi connectivity index (χ4n) is 1.38. The first-order valence-electron chi connectivity index (χ1n) is 5.29. The predicted molar refractivity (Wildman–Crippen MR) is 71.6 cm³/mol. The molecule has 1 aromatic carbocycles. The van der Waals surface area contributed by atoms with Gasteiger partial charge in [-0.2, -0.15) is 0 Å². The lowest BCUT2D eigenvalue weighted by Gasteiger charge is -2.19. The summed E-state index contributed by atoms with van der Waals surface area (Å²) < 4.78 is 5.34. The second-order valence-corrected chi connectivity index (χ2v) is 3.66. The molecular weight excluding hydrogens is 224 g/mol. The van der Waals surface area contributed by atoms with Gasteiger partial charge in [-0.3, -0.25) is 0 Å². The van der Waals surface area contributed by atoms with Gasteiger partial charge in [-0.05, 0) is 24.6 Å². The number of rotatable bonds is 6. The Kier molecular flexibility index (Phi) is 7.99. The van der Waals surface area contributed by atoms with E-state index in [1.54, 1.807) is 0 Å². The zero-order valence-corrected chi connectivity index (χ0v) is 10.8. The van der Waals surface area contributed by atoms with Crippen molar-refractivity contribution in [3.05, 3.63) is 29.8 Å². The molecule has 0 spiro atoms. The Balaban J connectivity index is 0.00000225. The molecule has 1 aromatic rings. The zero-order valence-electron chi connectivity index (χ0n) is 9.98. The van der Waals surface area contributed by atoms with E-state index < -0.39 is 0 Å².